The van der Waals surface area contributed by atoms with Gasteiger partial charge in [0.15, 0.2) is 0 Å². The zero-order valence-corrected chi connectivity index (χ0v) is 13.9. The van der Waals surface area contributed by atoms with Crippen LogP contribution in [0.25, 0.3) is 0 Å². The summed E-state index contributed by atoms with van der Waals surface area (Å²) in [6, 6.07) is 22.4. The molecule has 0 atom stereocenters. The molecule has 1 saturated carbocycles. The second-order valence-corrected chi connectivity index (χ2v) is 6.79. The molecule has 2 N–H and O–H groups in total. The van der Waals surface area contributed by atoms with Crippen LogP contribution in [0.4, 0.5) is 0 Å². The van der Waals surface area contributed by atoms with Gasteiger partial charge in [-0.05, 0) is 49.3 Å². The van der Waals surface area contributed by atoms with Crippen molar-refractivity contribution in [1.82, 2.24) is 4.90 Å². The first-order valence-corrected chi connectivity index (χ1v) is 8.87. The minimum absolute atomic E-state index is 0.679. The minimum Gasteiger partial charge on any atom is -0.330 e. The second-order valence-electron chi connectivity index (χ2n) is 6.79. The van der Waals surface area contributed by atoms with Crippen molar-refractivity contribution in [3.63, 3.8) is 0 Å². The van der Waals surface area contributed by atoms with Crippen LogP contribution in [0.3, 0.4) is 0 Å². The van der Waals surface area contributed by atoms with Gasteiger partial charge in [-0.1, -0.05) is 60.7 Å². The first-order chi connectivity index (χ1) is 11.3. The molecule has 2 aromatic carbocycles. The lowest BCUT2D eigenvalue weighted by molar-refractivity contribution is 0.123. The molecule has 0 spiro atoms. The van der Waals surface area contributed by atoms with E-state index in [9.17, 15) is 0 Å². The number of nitrogens with two attached hydrogens (primary N) is 1. The van der Waals surface area contributed by atoms with Crippen LogP contribution in [0.5, 0.6) is 0 Å². The smallest absolute Gasteiger partial charge is 0.0240 e. The summed E-state index contributed by atoms with van der Waals surface area (Å²) in [6.07, 6.45) is 5.12. The highest BCUT2D eigenvalue weighted by Gasteiger charge is 2.25. The summed E-state index contributed by atoms with van der Waals surface area (Å²) in [7, 11) is 0. The van der Waals surface area contributed by atoms with Gasteiger partial charge in [-0.25, -0.2) is 0 Å². The van der Waals surface area contributed by atoms with E-state index in [4.69, 9.17) is 5.73 Å². The molecular formula is C21H28N2. The van der Waals surface area contributed by atoms with Crippen molar-refractivity contribution < 1.29 is 0 Å². The van der Waals surface area contributed by atoms with E-state index >= 15 is 0 Å². The van der Waals surface area contributed by atoms with Gasteiger partial charge < -0.3 is 5.73 Å². The van der Waals surface area contributed by atoms with Crippen molar-refractivity contribution in [1.29, 1.82) is 0 Å². The van der Waals surface area contributed by atoms with Crippen molar-refractivity contribution in [2.45, 2.75) is 44.8 Å². The Morgan fingerprint density at radius 2 is 1.22 bits per heavy atom. The fraction of sp³-hybridized carbons (Fsp3) is 0.429. The van der Waals surface area contributed by atoms with Crippen LogP contribution in [-0.4, -0.2) is 17.5 Å². The molecule has 1 aliphatic rings. The van der Waals surface area contributed by atoms with E-state index in [1.807, 2.05) is 0 Å². The summed E-state index contributed by atoms with van der Waals surface area (Å²) >= 11 is 0. The Balaban J connectivity index is 1.70. The highest BCUT2D eigenvalue weighted by atomic mass is 15.2. The standard InChI is InChI=1S/C21H28N2/c22-15-18-11-13-21(14-12-18)23(16-19-7-3-1-4-8-19)17-20-9-5-2-6-10-20/h1-10,18,21H,11-17,22H2/t18-,21-. The number of hydrogen-bond donors (Lipinski definition) is 1. The molecule has 1 aliphatic carbocycles. The first kappa shape index (κ1) is 16.2. The minimum atomic E-state index is 0.679. The van der Waals surface area contributed by atoms with Crippen molar-refractivity contribution in [3.05, 3.63) is 71.8 Å². The van der Waals surface area contributed by atoms with Crippen LogP contribution in [0.15, 0.2) is 60.7 Å². The molecule has 0 amide bonds. The molecule has 0 heterocycles. The third-order valence-corrected chi connectivity index (χ3v) is 5.12. The zero-order valence-electron chi connectivity index (χ0n) is 13.9. The van der Waals surface area contributed by atoms with Gasteiger partial charge in [0.1, 0.15) is 0 Å². The highest BCUT2D eigenvalue weighted by Crippen LogP contribution is 2.29. The fourth-order valence-electron chi connectivity index (χ4n) is 3.70. The summed E-state index contributed by atoms with van der Waals surface area (Å²) in [5.41, 5.74) is 8.67. The normalized spacial score (nSPS) is 21.5. The Labute approximate surface area is 140 Å². The lowest BCUT2D eigenvalue weighted by atomic mass is 9.85. The number of hydrogen-bond acceptors (Lipinski definition) is 2. The maximum atomic E-state index is 5.86. The average Bonchev–Trinajstić information content (AvgIpc) is 2.63. The van der Waals surface area contributed by atoms with E-state index in [1.165, 1.54) is 36.8 Å². The summed E-state index contributed by atoms with van der Waals surface area (Å²) in [5.74, 6) is 0.738. The van der Waals surface area contributed by atoms with Crippen LogP contribution in [0, 0.1) is 5.92 Å². The van der Waals surface area contributed by atoms with E-state index < -0.39 is 0 Å². The first-order valence-electron chi connectivity index (χ1n) is 8.87. The largest absolute Gasteiger partial charge is 0.330 e. The van der Waals surface area contributed by atoms with Gasteiger partial charge >= 0.3 is 0 Å². The van der Waals surface area contributed by atoms with Gasteiger partial charge in [0, 0.05) is 19.1 Å². The summed E-state index contributed by atoms with van der Waals surface area (Å²) < 4.78 is 0. The van der Waals surface area contributed by atoms with Gasteiger partial charge in [-0.2, -0.15) is 0 Å². The quantitative estimate of drug-likeness (QED) is 0.866. The molecule has 0 unspecified atom stereocenters. The Bertz CT molecular complexity index is 517. The van der Waals surface area contributed by atoms with Crippen molar-refractivity contribution in [2.75, 3.05) is 6.54 Å². The van der Waals surface area contributed by atoms with Crippen LogP contribution in [0.1, 0.15) is 36.8 Å². The number of rotatable bonds is 6. The average molecular weight is 308 g/mol. The van der Waals surface area contributed by atoms with Crippen molar-refractivity contribution in [3.8, 4) is 0 Å². The molecule has 0 saturated heterocycles. The van der Waals surface area contributed by atoms with Crippen molar-refractivity contribution >= 4 is 0 Å². The summed E-state index contributed by atoms with van der Waals surface area (Å²) in [4.78, 5) is 2.66. The summed E-state index contributed by atoms with van der Waals surface area (Å²) in [6.45, 7) is 2.92. The lowest BCUT2D eigenvalue weighted by Gasteiger charge is -2.37. The predicted molar refractivity (Wildman–Crippen MR) is 96.9 cm³/mol. The molecular weight excluding hydrogens is 280 g/mol. The molecule has 122 valence electrons. The molecule has 23 heavy (non-hydrogen) atoms. The lowest BCUT2D eigenvalue weighted by Crippen LogP contribution is -2.38. The SMILES string of the molecule is NC[C@H]1CC[C@H](N(Cc2ccccc2)Cc2ccccc2)CC1. The summed E-state index contributed by atoms with van der Waals surface area (Å²) in [5, 5.41) is 0. The van der Waals surface area contributed by atoms with E-state index in [2.05, 4.69) is 65.6 Å². The predicted octanol–water partition coefficient (Wildman–Crippen LogP) is 4.21. The molecule has 0 bridgehead atoms. The second kappa shape index (κ2) is 8.28. The number of benzene rings is 2. The Kier molecular flexibility index (Phi) is 5.84. The van der Waals surface area contributed by atoms with Crippen LogP contribution < -0.4 is 5.73 Å². The third kappa shape index (κ3) is 4.66. The van der Waals surface area contributed by atoms with E-state index in [0.29, 0.717) is 6.04 Å². The van der Waals surface area contributed by atoms with E-state index in [1.54, 1.807) is 0 Å². The van der Waals surface area contributed by atoms with Crippen LogP contribution >= 0.6 is 0 Å². The highest BCUT2D eigenvalue weighted by molar-refractivity contribution is 5.17. The molecule has 2 heteroatoms. The van der Waals surface area contributed by atoms with Gasteiger partial charge in [-0.3, -0.25) is 4.90 Å². The molecule has 2 aromatic rings. The van der Waals surface area contributed by atoms with Crippen LogP contribution in [-0.2, 0) is 13.1 Å². The number of nitrogens with zero attached hydrogens (tertiary/aromatic N) is 1. The Morgan fingerprint density at radius 1 is 0.739 bits per heavy atom. The van der Waals surface area contributed by atoms with E-state index in [0.717, 1.165) is 25.6 Å². The molecule has 3 rings (SSSR count). The van der Waals surface area contributed by atoms with Gasteiger partial charge in [0.05, 0.1) is 0 Å². The molecule has 1 fully saturated rings. The fourth-order valence-corrected chi connectivity index (χ4v) is 3.70. The van der Waals surface area contributed by atoms with E-state index in [-0.39, 0.29) is 0 Å². The van der Waals surface area contributed by atoms with Gasteiger partial charge in [-0.15, -0.1) is 0 Å². The maximum absolute atomic E-state index is 5.86. The monoisotopic (exact) mass is 308 g/mol. The Hall–Kier alpha value is -1.64. The molecule has 2 nitrogen and oxygen atoms in total. The van der Waals surface area contributed by atoms with Crippen molar-refractivity contribution in [2.24, 2.45) is 11.7 Å². The maximum Gasteiger partial charge on any atom is 0.0240 e. The van der Waals surface area contributed by atoms with Crippen LogP contribution in [0.2, 0.25) is 0 Å². The molecule has 0 radical (unpaired) electrons. The third-order valence-electron chi connectivity index (χ3n) is 5.12. The van der Waals surface area contributed by atoms with Gasteiger partial charge in [0.25, 0.3) is 0 Å². The molecule has 0 aromatic heterocycles. The zero-order chi connectivity index (χ0) is 15.9. The van der Waals surface area contributed by atoms with Gasteiger partial charge in [0.2, 0.25) is 0 Å². The Morgan fingerprint density at radius 3 is 1.65 bits per heavy atom. The topological polar surface area (TPSA) is 29.3 Å². The molecule has 0 aliphatic heterocycles.